The Morgan fingerprint density at radius 1 is 1.19 bits per heavy atom. The Labute approximate surface area is 179 Å². The molecular formula is C18H22Br2N6O. The Kier molecular flexibility index (Phi) is 9.27. The van der Waals surface area contributed by atoms with Crippen molar-refractivity contribution in [1.29, 1.82) is 0 Å². The molecule has 9 heteroatoms. The minimum Gasteiger partial charge on any atom is -1.00 e. The lowest BCUT2D eigenvalue weighted by molar-refractivity contribution is -0.698. The molecule has 144 valence electrons. The first-order chi connectivity index (χ1) is 12.2. The molecule has 2 heterocycles. The number of nitrogens with zero attached hydrogens (tertiary/aromatic N) is 5. The molecule has 0 bridgehead atoms. The summed E-state index contributed by atoms with van der Waals surface area (Å²) in [5, 5.41) is 21.7. The molecule has 0 saturated carbocycles. The number of nitrogen functional groups attached to an aromatic ring is 1. The van der Waals surface area contributed by atoms with Crippen LogP contribution in [0.25, 0.3) is 0 Å². The number of halogens is 2. The quantitative estimate of drug-likeness (QED) is 0.373. The van der Waals surface area contributed by atoms with Gasteiger partial charge >= 0.3 is 0 Å². The molecule has 0 fully saturated rings. The summed E-state index contributed by atoms with van der Waals surface area (Å²) >= 11 is 0. The van der Waals surface area contributed by atoms with Crippen molar-refractivity contribution in [3.63, 3.8) is 0 Å². The van der Waals surface area contributed by atoms with Gasteiger partial charge in [0, 0.05) is 11.6 Å². The number of aryl methyl sites for hydroxylation is 1. The molecule has 0 spiro atoms. The third kappa shape index (κ3) is 6.23. The summed E-state index contributed by atoms with van der Waals surface area (Å²) < 4.78 is 3.61. The van der Waals surface area contributed by atoms with E-state index in [4.69, 9.17) is 10.8 Å². The number of rotatable bonds is 6. The first-order valence-corrected chi connectivity index (χ1v) is 8.04. The van der Waals surface area contributed by atoms with Crippen LogP contribution in [0.3, 0.4) is 0 Å². The smallest absolute Gasteiger partial charge is 0.173 e. The van der Waals surface area contributed by atoms with E-state index in [0.717, 1.165) is 11.3 Å². The first-order valence-electron chi connectivity index (χ1n) is 8.04. The molecule has 0 atom stereocenters. The average Bonchev–Trinajstić information content (AvgIpc) is 2.95. The number of nitrogens with two attached hydrogens (primary N) is 1. The molecule has 0 unspecified atom stereocenters. The van der Waals surface area contributed by atoms with Crippen LogP contribution in [-0.4, -0.2) is 21.5 Å². The summed E-state index contributed by atoms with van der Waals surface area (Å²) in [4.78, 5) is 0. The fourth-order valence-corrected chi connectivity index (χ4v) is 2.41. The molecule has 2 aromatic heterocycles. The fourth-order valence-electron chi connectivity index (χ4n) is 2.41. The minimum atomic E-state index is 0. The van der Waals surface area contributed by atoms with E-state index in [0.29, 0.717) is 24.6 Å². The van der Waals surface area contributed by atoms with Crippen LogP contribution in [0.4, 0.5) is 17.2 Å². The van der Waals surface area contributed by atoms with E-state index < -0.39 is 0 Å². The van der Waals surface area contributed by atoms with Crippen LogP contribution in [0.1, 0.15) is 11.1 Å². The van der Waals surface area contributed by atoms with Crippen LogP contribution in [-0.2, 0) is 13.1 Å². The largest absolute Gasteiger partial charge is 1.00 e. The van der Waals surface area contributed by atoms with E-state index >= 15 is 0 Å². The van der Waals surface area contributed by atoms with Crippen LogP contribution in [0.5, 0.6) is 0 Å². The number of anilines is 1. The van der Waals surface area contributed by atoms with Gasteiger partial charge in [-0.3, -0.25) is 0 Å². The van der Waals surface area contributed by atoms with Gasteiger partial charge in [0.15, 0.2) is 18.9 Å². The fraction of sp³-hybridized carbons (Fsp3) is 0.222. The summed E-state index contributed by atoms with van der Waals surface area (Å²) in [7, 11) is 0. The summed E-state index contributed by atoms with van der Waals surface area (Å²) in [6.45, 7) is 3.20. The van der Waals surface area contributed by atoms with E-state index in [-0.39, 0.29) is 40.6 Å². The first kappa shape index (κ1) is 22.9. The number of aromatic nitrogens is 3. The summed E-state index contributed by atoms with van der Waals surface area (Å²) in [6.07, 6.45) is 5.48. The van der Waals surface area contributed by atoms with Gasteiger partial charge in [-0.1, -0.05) is 17.7 Å². The molecule has 0 aliphatic rings. The van der Waals surface area contributed by atoms with Gasteiger partial charge in [0.2, 0.25) is 0 Å². The number of hydrogen-bond donors (Lipinski definition) is 2. The summed E-state index contributed by atoms with van der Waals surface area (Å²) in [5.74, 6) is 0.466. The molecule has 0 aliphatic heterocycles. The maximum atomic E-state index is 9.03. The van der Waals surface area contributed by atoms with Gasteiger partial charge in [-0.05, 0) is 25.1 Å². The maximum Gasteiger partial charge on any atom is 0.173 e. The molecule has 3 aromatic rings. The molecule has 0 amide bonds. The lowest BCUT2D eigenvalue weighted by Gasteiger charge is -2.03. The van der Waals surface area contributed by atoms with Crippen molar-refractivity contribution < 1.29 is 26.7 Å². The number of pyridine rings is 1. The second-order valence-corrected chi connectivity index (χ2v) is 5.78. The predicted molar refractivity (Wildman–Crippen MR) is 105 cm³/mol. The highest BCUT2D eigenvalue weighted by atomic mass is 79.9. The van der Waals surface area contributed by atoms with Crippen LogP contribution in [0, 0.1) is 6.92 Å². The summed E-state index contributed by atoms with van der Waals surface area (Å²) in [5.41, 5.74) is 9.66. The van der Waals surface area contributed by atoms with E-state index in [1.54, 1.807) is 10.9 Å². The topological polar surface area (TPSA) is 92.7 Å². The highest BCUT2D eigenvalue weighted by molar-refractivity contribution is 8.93. The van der Waals surface area contributed by atoms with Crippen molar-refractivity contribution >= 4 is 34.2 Å². The van der Waals surface area contributed by atoms with Crippen LogP contribution < -0.4 is 27.3 Å². The zero-order chi connectivity index (χ0) is 17.6. The van der Waals surface area contributed by atoms with Crippen molar-refractivity contribution in [2.45, 2.75) is 20.0 Å². The number of hydrogen-bond acceptors (Lipinski definition) is 5. The van der Waals surface area contributed by atoms with Gasteiger partial charge in [0.05, 0.1) is 18.4 Å². The molecular weight excluding hydrogens is 476 g/mol. The Bertz CT molecular complexity index is 880. The SMILES string of the molecule is Br.Cc1ccc(N=Nc2cnn(Cc3ccc[n+](CCO)c3)c2N)cc1.[Br-]. The monoisotopic (exact) mass is 496 g/mol. The van der Waals surface area contributed by atoms with Gasteiger partial charge < -0.3 is 27.8 Å². The normalized spacial score (nSPS) is 10.4. The zero-order valence-corrected chi connectivity index (χ0v) is 18.2. The van der Waals surface area contributed by atoms with Crippen molar-refractivity contribution in [3.8, 4) is 0 Å². The molecule has 1 aromatic carbocycles. The van der Waals surface area contributed by atoms with Crippen LogP contribution in [0.15, 0.2) is 65.2 Å². The average molecular weight is 498 g/mol. The van der Waals surface area contributed by atoms with Crippen molar-refractivity contribution in [1.82, 2.24) is 9.78 Å². The zero-order valence-electron chi connectivity index (χ0n) is 14.9. The highest BCUT2D eigenvalue weighted by Crippen LogP contribution is 2.24. The molecule has 0 saturated heterocycles. The maximum absolute atomic E-state index is 9.03. The molecule has 3 rings (SSSR count). The second-order valence-electron chi connectivity index (χ2n) is 5.78. The number of azo groups is 1. The second kappa shape index (κ2) is 10.9. The molecule has 7 nitrogen and oxygen atoms in total. The van der Waals surface area contributed by atoms with E-state index in [2.05, 4.69) is 15.3 Å². The van der Waals surface area contributed by atoms with E-state index in [1.807, 2.05) is 60.3 Å². The van der Waals surface area contributed by atoms with Gasteiger partial charge in [-0.25, -0.2) is 9.25 Å². The van der Waals surface area contributed by atoms with Crippen molar-refractivity contribution in [2.75, 3.05) is 12.3 Å². The minimum absolute atomic E-state index is 0. The summed E-state index contributed by atoms with van der Waals surface area (Å²) in [6, 6.07) is 11.7. The lowest BCUT2D eigenvalue weighted by atomic mass is 10.2. The van der Waals surface area contributed by atoms with Crippen molar-refractivity contribution in [2.24, 2.45) is 10.2 Å². The Morgan fingerprint density at radius 2 is 1.93 bits per heavy atom. The highest BCUT2D eigenvalue weighted by Gasteiger charge is 2.09. The third-order valence-electron chi connectivity index (χ3n) is 3.78. The number of aliphatic hydroxyl groups excluding tert-OH is 1. The standard InChI is InChI=1S/C18H21N6O.2BrH/c1-14-4-6-16(7-5-14)21-22-17-11-20-24(18(17)19)13-15-3-2-8-23(12-15)9-10-25;;/h2-8,11-12,25H,9-10,13,19H2,1H3;2*1H/q+1;;/p-1. The molecule has 27 heavy (non-hydrogen) atoms. The van der Waals surface area contributed by atoms with Gasteiger partial charge in [0.1, 0.15) is 18.1 Å². The van der Waals surface area contributed by atoms with E-state index in [1.165, 1.54) is 5.56 Å². The molecule has 0 radical (unpaired) electrons. The molecule has 3 N–H and O–H groups in total. The molecule has 0 aliphatic carbocycles. The third-order valence-corrected chi connectivity index (χ3v) is 3.78. The van der Waals surface area contributed by atoms with Crippen LogP contribution >= 0.6 is 17.0 Å². The van der Waals surface area contributed by atoms with Gasteiger partial charge in [-0.2, -0.15) is 10.2 Å². The van der Waals surface area contributed by atoms with Crippen molar-refractivity contribution in [3.05, 3.63) is 66.1 Å². The lowest BCUT2D eigenvalue weighted by Crippen LogP contribution is -3.00. The Balaban J connectivity index is 0.00000182. The van der Waals surface area contributed by atoms with Gasteiger partial charge in [-0.15, -0.1) is 22.1 Å². The van der Waals surface area contributed by atoms with Crippen LogP contribution in [0.2, 0.25) is 0 Å². The number of benzene rings is 1. The van der Waals surface area contributed by atoms with Gasteiger partial charge in [0.25, 0.3) is 0 Å². The van der Waals surface area contributed by atoms with E-state index in [9.17, 15) is 0 Å². The number of aliphatic hydroxyl groups is 1. The Morgan fingerprint density at radius 3 is 2.63 bits per heavy atom. The Hall–Kier alpha value is -2.10. The predicted octanol–water partition coefficient (Wildman–Crippen LogP) is 0.0991.